The van der Waals surface area contributed by atoms with Gasteiger partial charge in [-0.2, -0.15) is 0 Å². The van der Waals surface area contributed by atoms with Crippen LogP contribution in [0.5, 0.6) is 0 Å². The normalized spacial score (nSPS) is 15.4. The van der Waals surface area contributed by atoms with Crippen molar-refractivity contribution >= 4 is 11.9 Å². The Labute approximate surface area is 102 Å². The van der Waals surface area contributed by atoms with E-state index in [2.05, 4.69) is 4.98 Å². The molecule has 1 aliphatic rings. The smallest absolute Gasteiger partial charge is 0.341 e. The predicted molar refractivity (Wildman–Crippen MR) is 60.7 cm³/mol. The monoisotopic (exact) mass is 252 g/mol. The summed E-state index contributed by atoms with van der Waals surface area (Å²) in [5, 5.41) is 8.71. The van der Waals surface area contributed by atoms with Gasteiger partial charge < -0.3 is 19.7 Å². The number of carboxylic acid groups (broad SMARTS) is 1. The van der Waals surface area contributed by atoms with E-state index in [0.29, 0.717) is 26.3 Å². The van der Waals surface area contributed by atoms with Crippen molar-refractivity contribution in [2.75, 3.05) is 26.3 Å². The number of ether oxygens (including phenoxy) is 1. The van der Waals surface area contributed by atoms with Crippen molar-refractivity contribution in [2.24, 2.45) is 0 Å². The zero-order valence-corrected chi connectivity index (χ0v) is 9.51. The molecule has 2 heterocycles. The van der Waals surface area contributed by atoms with Crippen molar-refractivity contribution in [1.82, 2.24) is 9.88 Å². The first-order valence-electron chi connectivity index (χ1n) is 5.42. The van der Waals surface area contributed by atoms with E-state index in [1.54, 1.807) is 4.90 Å². The Balaban J connectivity index is 2.23. The summed E-state index contributed by atoms with van der Waals surface area (Å²) >= 11 is 0. The van der Waals surface area contributed by atoms with E-state index in [-0.39, 0.29) is 17.2 Å². The van der Waals surface area contributed by atoms with Crippen LogP contribution in [0.4, 0.5) is 0 Å². The summed E-state index contributed by atoms with van der Waals surface area (Å²) in [7, 11) is 0. The van der Waals surface area contributed by atoms with Crippen LogP contribution in [0, 0.1) is 0 Å². The fraction of sp³-hybridized carbons (Fsp3) is 0.364. The molecule has 96 valence electrons. The maximum Gasteiger partial charge on any atom is 0.341 e. The molecular weight excluding hydrogens is 240 g/mol. The van der Waals surface area contributed by atoms with Crippen LogP contribution in [0.1, 0.15) is 20.8 Å². The largest absolute Gasteiger partial charge is 0.477 e. The third kappa shape index (κ3) is 2.40. The zero-order valence-electron chi connectivity index (χ0n) is 9.51. The Hall–Kier alpha value is -2.15. The fourth-order valence-electron chi connectivity index (χ4n) is 1.70. The van der Waals surface area contributed by atoms with E-state index >= 15 is 0 Å². The molecule has 0 aliphatic carbocycles. The summed E-state index contributed by atoms with van der Waals surface area (Å²) in [5.74, 6) is -1.64. The van der Waals surface area contributed by atoms with E-state index in [1.165, 1.54) is 0 Å². The molecule has 1 aromatic rings. The van der Waals surface area contributed by atoms with Gasteiger partial charge in [0, 0.05) is 25.4 Å². The molecule has 0 spiro atoms. The topological polar surface area (TPSA) is 99.7 Å². The van der Waals surface area contributed by atoms with Crippen molar-refractivity contribution in [2.45, 2.75) is 0 Å². The van der Waals surface area contributed by atoms with Gasteiger partial charge >= 0.3 is 5.97 Å². The molecule has 0 bridgehead atoms. The molecule has 0 unspecified atom stereocenters. The first-order valence-corrected chi connectivity index (χ1v) is 5.42. The van der Waals surface area contributed by atoms with Crippen molar-refractivity contribution in [3.05, 3.63) is 33.7 Å². The number of amides is 1. The molecule has 2 N–H and O–H groups in total. The van der Waals surface area contributed by atoms with Crippen molar-refractivity contribution in [3.8, 4) is 0 Å². The van der Waals surface area contributed by atoms with Gasteiger partial charge in [-0.25, -0.2) is 4.79 Å². The number of morpholine rings is 1. The quantitative estimate of drug-likeness (QED) is 0.742. The van der Waals surface area contributed by atoms with Gasteiger partial charge in [-0.1, -0.05) is 0 Å². The molecule has 0 radical (unpaired) electrons. The number of carbonyl (C=O) groups excluding carboxylic acids is 1. The van der Waals surface area contributed by atoms with Crippen LogP contribution in [0.3, 0.4) is 0 Å². The number of nitrogens with zero attached hydrogens (tertiary/aromatic N) is 1. The van der Waals surface area contributed by atoms with Crippen molar-refractivity contribution in [1.29, 1.82) is 0 Å². The summed E-state index contributed by atoms with van der Waals surface area (Å²) < 4.78 is 5.12. The molecule has 0 aromatic carbocycles. The molecule has 0 saturated carbocycles. The van der Waals surface area contributed by atoms with Crippen LogP contribution in [-0.4, -0.2) is 53.2 Å². The van der Waals surface area contributed by atoms with Gasteiger partial charge in [-0.15, -0.1) is 0 Å². The average molecular weight is 252 g/mol. The fourth-order valence-corrected chi connectivity index (χ4v) is 1.70. The van der Waals surface area contributed by atoms with Gasteiger partial charge in [-0.05, 0) is 0 Å². The molecule has 1 fully saturated rings. The van der Waals surface area contributed by atoms with Crippen LogP contribution in [0.2, 0.25) is 0 Å². The van der Waals surface area contributed by atoms with E-state index < -0.39 is 11.4 Å². The van der Waals surface area contributed by atoms with Crippen LogP contribution in [0.15, 0.2) is 17.1 Å². The van der Waals surface area contributed by atoms with Gasteiger partial charge in [0.15, 0.2) is 5.43 Å². The number of aromatic nitrogens is 1. The molecule has 0 atom stereocenters. The molecule has 1 saturated heterocycles. The van der Waals surface area contributed by atoms with E-state index in [1.807, 2.05) is 0 Å². The van der Waals surface area contributed by atoms with E-state index in [4.69, 9.17) is 9.84 Å². The highest BCUT2D eigenvalue weighted by Crippen LogP contribution is 2.04. The SMILES string of the molecule is O=C(O)c1c[nH]c(C(=O)N2CCOCC2)cc1=O. The Bertz CT molecular complexity index is 530. The van der Waals surface area contributed by atoms with Crippen LogP contribution in [0.25, 0.3) is 0 Å². The van der Waals surface area contributed by atoms with E-state index in [9.17, 15) is 14.4 Å². The lowest BCUT2D eigenvalue weighted by molar-refractivity contribution is 0.0298. The lowest BCUT2D eigenvalue weighted by atomic mass is 10.2. The Morgan fingerprint density at radius 3 is 2.56 bits per heavy atom. The summed E-state index contributed by atoms with van der Waals surface area (Å²) in [4.78, 5) is 38.2. The second-order valence-corrected chi connectivity index (χ2v) is 3.83. The lowest BCUT2D eigenvalue weighted by Gasteiger charge is -2.26. The molecular formula is C11H12N2O5. The zero-order chi connectivity index (χ0) is 13.1. The van der Waals surface area contributed by atoms with Crippen molar-refractivity contribution in [3.63, 3.8) is 0 Å². The van der Waals surface area contributed by atoms with Gasteiger partial charge in [0.1, 0.15) is 11.3 Å². The van der Waals surface area contributed by atoms with Gasteiger partial charge in [0.05, 0.1) is 13.2 Å². The minimum Gasteiger partial charge on any atom is -0.477 e. The van der Waals surface area contributed by atoms with Gasteiger partial charge in [0.25, 0.3) is 5.91 Å². The number of hydrogen-bond donors (Lipinski definition) is 2. The van der Waals surface area contributed by atoms with Crippen molar-refractivity contribution < 1.29 is 19.4 Å². The third-order valence-electron chi connectivity index (χ3n) is 2.67. The van der Waals surface area contributed by atoms with Crippen LogP contribution >= 0.6 is 0 Å². The lowest BCUT2D eigenvalue weighted by Crippen LogP contribution is -2.41. The van der Waals surface area contributed by atoms with Gasteiger partial charge in [-0.3, -0.25) is 9.59 Å². The number of aromatic amines is 1. The molecule has 7 nitrogen and oxygen atoms in total. The molecule has 2 rings (SSSR count). The van der Waals surface area contributed by atoms with Crippen LogP contribution in [-0.2, 0) is 4.74 Å². The molecule has 1 aliphatic heterocycles. The Morgan fingerprint density at radius 2 is 2.00 bits per heavy atom. The first-order chi connectivity index (χ1) is 8.59. The average Bonchev–Trinajstić information content (AvgIpc) is 2.38. The van der Waals surface area contributed by atoms with Gasteiger partial charge in [0.2, 0.25) is 0 Å². The number of pyridine rings is 1. The summed E-state index contributed by atoms with van der Waals surface area (Å²) in [6, 6.07) is 1.02. The number of nitrogens with one attached hydrogen (secondary N) is 1. The second kappa shape index (κ2) is 5.01. The molecule has 1 amide bonds. The standard InChI is InChI=1S/C11H12N2O5/c14-9-5-8(12-6-7(9)11(16)17)10(15)13-1-3-18-4-2-13/h5-6H,1-4H2,(H,12,14)(H,16,17). The van der Waals surface area contributed by atoms with Crippen LogP contribution < -0.4 is 5.43 Å². The highest BCUT2D eigenvalue weighted by molar-refractivity contribution is 5.93. The predicted octanol–water partition coefficient (Wildman–Crippen LogP) is -0.455. The Morgan fingerprint density at radius 1 is 1.33 bits per heavy atom. The number of H-pyrrole nitrogens is 1. The maximum absolute atomic E-state index is 12.0. The number of hydrogen-bond acceptors (Lipinski definition) is 4. The summed E-state index contributed by atoms with van der Waals surface area (Å²) in [6.07, 6.45) is 1.04. The first kappa shape index (κ1) is 12.3. The highest BCUT2D eigenvalue weighted by Gasteiger charge is 2.20. The molecule has 7 heteroatoms. The number of rotatable bonds is 2. The summed E-state index contributed by atoms with van der Waals surface area (Å²) in [6.45, 7) is 1.84. The second-order valence-electron chi connectivity index (χ2n) is 3.83. The van der Waals surface area contributed by atoms with E-state index in [0.717, 1.165) is 12.3 Å². The number of carboxylic acids is 1. The third-order valence-corrected chi connectivity index (χ3v) is 2.67. The number of carbonyl (C=O) groups is 2. The number of aromatic carboxylic acids is 1. The molecule has 1 aromatic heterocycles. The Kier molecular flexibility index (Phi) is 3.42. The molecule has 18 heavy (non-hydrogen) atoms. The minimum atomic E-state index is -1.32. The minimum absolute atomic E-state index is 0.0897. The summed E-state index contributed by atoms with van der Waals surface area (Å²) in [5.41, 5.74) is -0.974. The highest BCUT2D eigenvalue weighted by atomic mass is 16.5. The maximum atomic E-state index is 12.0.